The van der Waals surface area contributed by atoms with Crippen LogP contribution in [0.1, 0.15) is 46.1 Å². The summed E-state index contributed by atoms with van der Waals surface area (Å²) < 4.78 is 0. The Balaban J connectivity index is 0.000000791. The van der Waals surface area contributed by atoms with E-state index in [1.807, 2.05) is 65.0 Å². The molecule has 14 heavy (non-hydrogen) atoms. The Kier molecular flexibility index (Phi) is 5.47. The third kappa shape index (κ3) is 3.93. The van der Waals surface area contributed by atoms with Crippen LogP contribution >= 0.6 is 0 Å². The molecule has 1 nitrogen and oxygen atoms in total. The maximum Gasteiger partial charge on any atom is 0.0657 e. The van der Waals surface area contributed by atoms with Gasteiger partial charge < -0.3 is 5.11 Å². The van der Waals surface area contributed by atoms with Crippen molar-refractivity contribution in [1.82, 2.24) is 0 Å². The summed E-state index contributed by atoms with van der Waals surface area (Å²) >= 11 is 0. The molecule has 0 spiro atoms. The van der Waals surface area contributed by atoms with Crippen molar-refractivity contribution < 1.29 is 5.11 Å². The second-order valence-electron chi connectivity index (χ2n) is 3.79. The zero-order valence-electron chi connectivity index (χ0n) is 9.91. The predicted molar refractivity (Wildman–Crippen MR) is 62.5 cm³/mol. The van der Waals surface area contributed by atoms with Gasteiger partial charge in [0.05, 0.1) is 5.60 Å². The highest BCUT2D eigenvalue weighted by atomic mass is 16.3. The van der Waals surface area contributed by atoms with E-state index >= 15 is 0 Å². The lowest BCUT2D eigenvalue weighted by atomic mass is 9.87. The molecule has 0 saturated carbocycles. The SMILES string of the molecule is CC.C[C@@H](c1ccccc1)C(C)(C)O. The van der Waals surface area contributed by atoms with Crippen LogP contribution in [0.25, 0.3) is 0 Å². The van der Waals surface area contributed by atoms with Crippen molar-refractivity contribution in [2.75, 3.05) is 0 Å². The number of hydrogen-bond donors (Lipinski definition) is 1. The molecule has 1 rings (SSSR count). The van der Waals surface area contributed by atoms with Gasteiger partial charge in [-0.05, 0) is 19.4 Å². The van der Waals surface area contributed by atoms with E-state index in [0.29, 0.717) is 0 Å². The Bertz CT molecular complexity index is 233. The molecular weight excluding hydrogens is 172 g/mol. The van der Waals surface area contributed by atoms with Gasteiger partial charge in [0.2, 0.25) is 0 Å². The molecule has 80 valence electrons. The van der Waals surface area contributed by atoms with Crippen LogP contribution in [0.4, 0.5) is 0 Å². The van der Waals surface area contributed by atoms with E-state index in [2.05, 4.69) is 0 Å². The third-order valence-corrected chi connectivity index (χ3v) is 2.36. The van der Waals surface area contributed by atoms with Crippen molar-refractivity contribution in [3.05, 3.63) is 35.9 Å². The van der Waals surface area contributed by atoms with E-state index in [-0.39, 0.29) is 5.92 Å². The topological polar surface area (TPSA) is 20.2 Å². The lowest BCUT2D eigenvalue weighted by Gasteiger charge is -2.26. The van der Waals surface area contributed by atoms with Crippen LogP contribution in [0, 0.1) is 0 Å². The van der Waals surface area contributed by atoms with Gasteiger partial charge in [0.1, 0.15) is 0 Å². The molecule has 1 aromatic carbocycles. The van der Waals surface area contributed by atoms with E-state index in [9.17, 15) is 5.11 Å². The normalized spacial score (nSPS) is 12.7. The van der Waals surface area contributed by atoms with E-state index in [1.165, 1.54) is 5.56 Å². The lowest BCUT2D eigenvalue weighted by molar-refractivity contribution is 0.0559. The summed E-state index contributed by atoms with van der Waals surface area (Å²) in [6.45, 7) is 9.71. The first-order chi connectivity index (χ1) is 6.52. The Morgan fingerprint density at radius 3 is 1.86 bits per heavy atom. The van der Waals surface area contributed by atoms with Gasteiger partial charge in [-0.25, -0.2) is 0 Å². The highest BCUT2D eigenvalue weighted by molar-refractivity contribution is 5.21. The molecule has 0 aliphatic heterocycles. The summed E-state index contributed by atoms with van der Waals surface area (Å²) in [5.74, 6) is 0.179. The largest absolute Gasteiger partial charge is 0.390 e. The Morgan fingerprint density at radius 1 is 1.07 bits per heavy atom. The smallest absolute Gasteiger partial charge is 0.0657 e. The Hall–Kier alpha value is -0.820. The lowest BCUT2D eigenvalue weighted by Crippen LogP contribution is -2.26. The fourth-order valence-electron chi connectivity index (χ4n) is 1.15. The van der Waals surface area contributed by atoms with Crippen LogP contribution in [0.3, 0.4) is 0 Å². The minimum Gasteiger partial charge on any atom is -0.390 e. The molecule has 1 N–H and O–H groups in total. The van der Waals surface area contributed by atoms with Gasteiger partial charge in [-0.15, -0.1) is 0 Å². The van der Waals surface area contributed by atoms with Crippen LogP contribution in [0.2, 0.25) is 0 Å². The molecule has 0 aliphatic carbocycles. The highest BCUT2D eigenvalue weighted by Crippen LogP contribution is 2.26. The van der Waals surface area contributed by atoms with Crippen LogP contribution < -0.4 is 0 Å². The van der Waals surface area contributed by atoms with Gasteiger partial charge in [-0.1, -0.05) is 51.1 Å². The van der Waals surface area contributed by atoms with Crippen LogP contribution in [0.15, 0.2) is 30.3 Å². The first-order valence-corrected chi connectivity index (χ1v) is 5.29. The standard InChI is InChI=1S/C11H16O.C2H6/c1-9(11(2,3)12)10-7-5-4-6-8-10;1-2/h4-9,12H,1-3H3;1-2H3/t9-;/m0./s1. The van der Waals surface area contributed by atoms with Crippen molar-refractivity contribution in [3.8, 4) is 0 Å². The fraction of sp³-hybridized carbons (Fsp3) is 0.538. The van der Waals surface area contributed by atoms with Crippen molar-refractivity contribution in [2.24, 2.45) is 0 Å². The van der Waals surface area contributed by atoms with Crippen molar-refractivity contribution >= 4 is 0 Å². The molecule has 0 radical (unpaired) electrons. The zero-order chi connectivity index (χ0) is 11.2. The average Bonchev–Trinajstić information content (AvgIpc) is 2.20. The van der Waals surface area contributed by atoms with E-state index in [4.69, 9.17) is 0 Å². The molecule has 0 fully saturated rings. The summed E-state index contributed by atoms with van der Waals surface area (Å²) in [6.07, 6.45) is 0. The second kappa shape index (κ2) is 5.82. The van der Waals surface area contributed by atoms with Gasteiger partial charge >= 0.3 is 0 Å². The minimum absolute atomic E-state index is 0.179. The first kappa shape index (κ1) is 13.2. The van der Waals surface area contributed by atoms with Gasteiger partial charge in [0.25, 0.3) is 0 Å². The summed E-state index contributed by atoms with van der Waals surface area (Å²) in [5.41, 5.74) is 0.548. The maximum atomic E-state index is 9.74. The molecular formula is C13H22O. The quantitative estimate of drug-likeness (QED) is 0.763. The first-order valence-electron chi connectivity index (χ1n) is 5.29. The molecule has 1 aromatic rings. The Labute approximate surface area is 87.8 Å². The van der Waals surface area contributed by atoms with E-state index < -0.39 is 5.60 Å². The summed E-state index contributed by atoms with van der Waals surface area (Å²) in [5, 5.41) is 9.74. The second-order valence-corrected chi connectivity index (χ2v) is 3.79. The summed E-state index contributed by atoms with van der Waals surface area (Å²) in [7, 11) is 0. The molecule has 0 saturated heterocycles. The molecule has 0 heterocycles. The van der Waals surface area contributed by atoms with Gasteiger partial charge in [0, 0.05) is 5.92 Å². The van der Waals surface area contributed by atoms with E-state index in [1.54, 1.807) is 0 Å². The third-order valence-electron chi connectivity index (χ3n) is 2.36. The molecule has 0 aromatic heterocycles. The van der Waals surface area contributed by atoms with Crippen LogP contribution in [-0.4, -0.2) is 10.7 Å². The highest BCUT2D eigenvalue weighted by Gasteiger charge is 2.23. The fourth-order valence-corrected chi connectivity index (χ4v) is 1.15. The van der Waals surface area contributed by atoms with Gasteiger partial charge in [-0.3, -0.25) is 0 Å². The molecule has 0 aliphatic rings. The summed E-state index contributed by atoms with van der Waals surface area (Å²) in [6, 6.07) is 10.1. The summed E-state index contributed by atoms with van der Waals surface area (Å²) in [4.78, 5) is 0. The zero-order valence-corrected chi connectivity index (χ0v) is 9.91. The van der Waals surface area contributed by atoms with Crippen molar-refractivity contribution in [1.29, 1.82) is 0 Å². The number of hydrogen-bond acceptors (Lipinski definition) is 1. The maximum absolute atomic E-state index is 9.74. The minimum atomic E-state index is -0.638. The predicted octanol–water partition coefficient (Wildman–Crippen LogP) is 3.59. The number of benzene rings is 1. The van der Waals surface area contributed by atoms with Crippen LogP contribution in [-0.2, 0) is 0 Å². The van der Waals surface area contributed by atoms with Crippen LogP contribution in [0.5, 0.6) is 0 Å². The van der Waals surface area contributed by atoms with Gasteiger partial charge in [0.15, 0.2) is 0 Å². The monoisotopic (exact) mass is 194 g/mol. The van der Waals surface area contributed by atoms with Gasteiger partial charge in [-0.2, -0.15) is 0 Å². The number of aliphatic hydroxyl groups is 1. The average molecular weight is 194 g/mol. The number of rotatable bonds is 2. The molecule has 0 unspecified atom stereocenters. The van der Waals surface area contributed by atoms with Crippen molar-refractivity contribution in [2.45, 2.75) is 46.1 Å². The Morgan fingerprint density at radius 2 is 1.50 bits per heavy atom. The molecule has 0 bridgehead atoms. The molecule has 1 heteroatoms. The molecule has 1 atom stereocenters. The van der Waals surface area contributed by atoms with Crippen molar-refractivity contribution in [3.63, 3.8) is 0 Å². The van der Waals surface area contributed by atoms with E-state index in [0.717, 1.165) is 0 Å². The molecule has 0 amide bonds.